The number of rotatable bonds is 5. The molecule has 0 aliphatic carbocycles. The summed E-state index contributed by atoms with van der Waals surface area (Å²) in [5.74, 6) is -0.904. The topological polar surface area (TPSA) is 68.3 Å². The van der Waals surface area contributed by atoms with Crippen molar-refractivity contribution in [2.45, 2.75) is 19.4 Å². The lowest BCUT2D eigenvalue weighted by atomic mass is 10.2. The zero-order valence-electron chi connectivity index (χ0n) is 12.0. The van der Waals surface area contributed by atoms with Gasteiger partial charge in [0.15, 0.2) is 6.10 Å². The number of hydrogen-bond donors (Lipinski definition) is 1. The smallest absolute Gasteiger partial charge is 0.340 e. The molecule has 0 saturated heterocycles. The summed E-state index contributed by atoms with van der Waals surface area (Å²) in [5.41, 5.74) is 0.990. The van der Waals surface area contributed by atoms with E-state index < -0.39 is 12.1 Å². The number of hydrogen-bond acceptors (Lipinski definition) is 4. The number of nitrogens with zero attached hydrogens (tertiary/aromatic N) is 1. The van der Waals surface area contributed by atoms with Gasteiger partial charge in [-0.3, -0.25) is 9.78 Å². The number of aromatic nitrogens is 1. The summed E-state index contributed by atoms with van der Waals surface area (Å²) in [7, 11) is 0. The normalized spacial score (nSPS) is 11.5. The Bertz CT molecular complexity index is 644. The minimum atomic E-state index is -0.841. The largest absolute Gasteiger partial charge is 0.449 e. The molecule has 1 N–H and O–H groups in total. The Labute approximate surface area is 142 Å². The maximum absolute atomic E-state index is 12.2. The average Bonchev–Trinajstić information content (AvgIpc) is 2.55. The van der Waals surface area contributed by atoms with Crippen LogP contribution in [-0.4, -0.2) is 23.0 Å². The van der Waals surface area contributed by atoms with Gasteiger partial charge in [0.25, 0.3) is 5.91 Å². The second-order valence-electron chi connectivity index (χ2n) is 4.54. The molecule has 0 aliphatic rings. The number of halogens is 1. The van der Waals surface area contributed by atoms with Crippen molar-refractivity contribution in [3.63, 3.8) is 0 Å². The summed E-state index contributed by atoms with van der Waals surface area (Å²) >= 11 is 2.19. The fourth-order valence-electron chi connectivity index (χ4n) is 1.76. The van der Waals surface area contributed by atoms with Crippen LogP contribution >= 0.6 is 22.6 Å². The number of anilines is 1. The van der Waals surface area contributed by atoms with Gasteiger partial charge >= 0.3 is 5.97 Å². The molecule has 1 heterocycles. The van der Waals surface area contributed by atoms with Gasteiger partial charge in [0.1, 0.15) is 0 Å². The SMILES string of the molecule is CCC(OC(=O)c1cccnc1)C(=O)Nc1ccc(I)cc1. The number of pyridine rings is 1. The molecular formula is C16H15IN2O3. The highest BCUT2D eigenvalue weighted by atomic mass is 127. The van der Waals surface area contributed by atoms with Gasteiger partial charge in [0.05, 0.1) is 5.56 Å². The number of esters is 1. The van der Waals surface area contributed by atoms with Crippen molar-refractivity contribution in [3.05, 3.63) is 57.9 Å². The molecule has 2 aromatic rings. The summed E-state index contributed by atoms with van der Waals surface area (Å²) in [6.07, 6.45) is 2.53. The highest BCUT2D eigenvalue weighted by Crippen LogP contribution is 2.13. The van der Waals surface area contributed by atoms with Gasteiger partial charge in [-0.2, -0.15) is 0 Å². The van der Waals surface area contributed by atoms with Crippen molar-refractivity contribution in [3.8, 4) is 0 Å². The second-order valence-corrected chi connectivity index (χ2v) is 5.79. The van der Waals surface area contributed by atoms with Crippen molar-refractivity contribution < 1.29 is 14.3 Å². The molecule has 1 unspecified atom stereocenters. The Balaban J connectivity index is 2.00. The highest BCUT2D eigenvalue weighted by Gasteiger charge is 2.22. The minimum Gasteiger partial charge on any atom is -0.449 e. The quantitative estimate of drug-likeness (QED) is 0.607. The Kier molecular flexibility index (Phi) is 5.88. The number of carbonyl (C=O) groups excluding carboxylic acids is 2. The number of amides is 1. The highest BCUT2D eigenvalue weighted by molar-refractivity contribution is 14.1. The summed E-state index contributed by atoms with van der Waals surface area (Å²) in [4.78, 5) is 28.0. The molecule has 2 rings (SSSR count). The number of ether oxygens (including phenoxy) is 1. The lowest BCUT2D eigenvalue weighted by Gasteiger charge is -2.16. The fourth-order valence-corrected chi connectivity index (χ4v) is 2.12. The first-order valence-corrected chi connectivity index (χ1v) is 7.85. The molecule has 1 amide bonds. The predicted molar refractivity (Wildman–Crippen MR) is 91.5 cm³/mol. The minimum absolute atomic E-state index is 0.322. The number of carbonyl (C=O) groups is 2. The molecule has 6 heteroatoms. The van der Waals surface area contributed by atoms with Crippen LogP contribution in [0.3, 0.4) is 0 Å². The van der Waals surface area contributed by atoms with Gasteiger partial charge in [0, 0.05) is 21.7 Å². The van der Waals surface area contributed by atoms with Gasteiger partial charge < -0.3 is 10.1 Å². The van der Waals surface area contributed by atoms with Crippen molar-refractivity contribution in [2.75, 3.05) is 5.32 Å². The van der Waals surface area contributed by atoms with Crippen LogP contribution in [0.25, 0.3) is 0 Å². The maximum Gasteiger partial charge on any atom is 0.340 e. The van der Waals surface area contributed by atoms with Crippen LogP contribution in [0.1, 0.15) is 23.7 Å². The van der Waals surface area contributed by atoms with Crippen molar-refractivity contribution in [1.29, 1.82) is 0 Å². The molecule has 0 radical (unpaired) electrons. The third-order valence-electron chi connectivity index (χ3n) is 2.92. The van der Waals surface area contributed by atoms with E-state index in [9.17, 15) is 9.59 Å². The summed E-state index contributed by atoms with van der Waals surface area (Å²) < 4.78 is 6.33. The number of benzene rings is 1. The molecule has 0 bridgehead atoms. The van der Waals surface area contributed by atoms with Gasteiger partial charge in [-0.05, 0) is 65.4 Å². The monoisotopic (exact) mass is 410 g/mol. The van der Waals surface area contributed by atoms with Gasteiger partial charge in [-0.15, -0.1) is 0 Å². The maximum atomic E-state index is 12.2. The molecule has 0 saturated carbocycles. The zero-order chi connectivity index (χ0) is 15.9. The second kappa shape index (κ2) is 7.88. The van der Waals surface area contributed by atoms with Crippen molar-refractivity contribution in [2.24, 2.45) is 0 Å². The molecule has 0 fully saturated rings. The molecule has 5 nitrogen and oxygen atoms in total. The lowest BCUT2D eigenvalue weighted by molar-refractivity contribution is -0.124. The van der Waals surface area contributed by atoms with Gasteiger partial charge in [-0.25, -0.2) is 4.79 Å². The van der Waals surface area contributed by atoms with E-state index >= 15 is 0 Å². The molecule has 114 valence electrons. The van der Waals surface area contributed by atoms with Crippen LogP contribution in [0, 0.1) is 3.57 Å². The van der Waals surface area contributed by atoms with Crippen LogP contribution < -0.4 is 5.32 Å². The molecular weight excluding hydrogens is 395 g/mol. The standard InChI is InChI=1S/C16H15IN2O3/c1-2-14(22-16(21)11-4-3-9-18-10-11)15(20)19-13-7-5-12(17)6-8-13/h3-10,14H,2H2,1H3,(H,19,20). The molecule has 0 aliphatic heterocycles. The third kappa shape index (κ3) is 4.52. The molecule has 22 heavy (non-hydrogen) atoms. The van der Waals surface area contributed by atoms with E-state index in [0.29, 0.717) is 17.7 Å². The van der Waals surface area contributed by atoms with E-state index in [1.165, 1.54) is 6.20 Å². The average molecular weight is 410 g/mol. The molecule has 1 atom stereocenters. The van der Waals surface area contributed by atoms with Crippen molar-refractivity contribution in [1.82, 2.24) is 4.98 Å². The molecule has 0 spiro atoms. The van der Waals surface area contributed by atoms with Gasteiger partial charge in [-0.1, -0.05) is 6.92 Å². The zero-order valence-corrected chi connectivity index (χ0v) is 14.1. The van der Waals surface area contributed by atoms with E-state index in [0.717, 1.165) is 3.57 Å². The summed E-state index contributed by atoms with van der Waals surface area (Å²) in [6, 6.07) is 10.6. The Morgan fingerprint density at radius 1 is 1.27 bits per heavy atom. The van der Waals surface area contributed by atoms with Crippen LogP contribution in [0.15, 0.2) is 48.8 Å². The van der Waals surface area contributed by atoms with E-state index in [1.807, 2.05) is 12.1 Å². The van der Waals surface area contributed by atoms with E-state index in [4.69, 9.17) is 4.74 Å². The van der Waals surface area contributed by atoms with Crippen LogP contribution in [0.5, 0.6) is 0 Å². The van der Waals surface area contributed by atoms with E-state index in [-0.39, 0.29) is 5.91 Å². The van der Waals surface area contributed by atoms with E-state index in [2.05, 4.69) is 32.9 Å². The first-order valence-electron chi connectivity index (χ1n) is 6.77. The van der Waals surface area contributed by atoms with Crippen molar-refractivity contribution >= 4 is 40.2 Å². The Morgan fingerprint density at radius 2 is 2.00 bits per heavy atom. The third-order valence-corrected chi connectivity index (χ3v) is 3.64. The first kappa shape index (κ1) is 16.4. The Morgan fingerprint density at radius 3 is 2.59 bits per heavy atom. The first-order chi connectivity index (χ1) is 10.6. The molecule has 1 aromatic carbocycles. The summed E-state index contributed by atoms with van der Waals surface area (Å²) in [5, 5.41) is 2.74. The molecule has 1 aromatic heterocycles. The predicted octanol–water partition coefficient (Wildman–Crippen LogP) is 3.26. The lowest BCUT2D eigenvalue weighted by Crippen LogP contribution is -2.32. The van der Waals surface area contributed by atoms with E-state index in [1.54, 1.807) is 37.4 Å². The number of nitrogens with one attached hydrogen (secondary N) is 1. The van der Waals surface area contributed by atoms with Gasteiger partial charge in [0.2, 0.25) is 0 Å². The van der Waals surface area contributed by atoms with Crippen LogP contribution in [-0.2, 0) is 9.53 Å². The fraction of sp³-hybridized carbons (Fsp3) is 0.188. The Hall–Kier alpha value is -1.96. The van der Waals surface area contributed by atoms with Crippen LogP contribution in [0.4, 0.5) is 5.69 Å². The van der Waals surface area contributed by atoms with Crippen LogP contribution in [0.2, 0.25) is 0 Å². The summed E-state index contributed by atoms with van der Waals surface area (Å²) in [6.45, 7) is 1.79.